The highest BCUT2D eigenvalue weighted by Crippen LogP contribution is 2.30. The van der Waals surface area contributed by atoms with Crippen molar-refractivity contribution in [1.82, 2.24) is 25.1 Å². The lowest BCUT2D eigenvalue weighted by Gasteiger charge is -2.28. The molecular formula is C24H32N6O3S. The maximum Gasteiger partial charge on any atom is 0.258 e. The molecule has 3 heterocycles. The number of carbonyl (C=O) groups excluding carboxylic acids is 1. The van der Waals surface area contributed by atoms with Crippen LogP contribution in [0.25, 0.3) is 11.0 Å². The molecule has 1 aromatic carbocycles. The predicted octanol–water partition coefficient (Wildman–Crippen LogP) is 3.52. The van der Waals surface area contributed by atoms with E-state index in [-0.39, 0.29) is 12.5 Å². The molecule has 4 rings (SSSR count). The second-order valence-corrected chi connectivity index (χ2v) is 10.0. The van der Waals surface area contributed by atoms with Gasteiger partial charge in [0.15, 0.2) is 17.4 Å². The van der Waals surface area contributed by atoms with Crippen LogP contribution in [-0.2, 0) is 11.3 Å². The molecule has 0 saturated carbocycles. The van der Waals surface area contributed by atoms with E-state index in [1.807, 2.05) is 10.9 Å². The first-order valence-corrected chi connectivity index (χ1v) is 12.6. The van der Waals surface area contributed by atoms with E-state index in [0.717, 1.165) is 40.8 Å². The number of aromatic nitrogens is 4. The van der Waals surface area contributed by atoms with E-state index in [0.29, 0.717) is 24.1 Å². The Bertz CT molecular complexity index is 1100. The number of nitrogens with one attached hydrogen (secondary N) is 1. The van der Waals surface area contributed by atoms with E-state index >= 15 is 0 Å². The van der Waals surface area contributed by atoms with E-state index < -0.39 is 0 Å². The van der Waals surface area contributed by atoms with Crippen LogP contribution in [0.3, 0.4) is 0 Å². The average Bonchev–Trinajstić information content (AvgIpc) is 3.25. The number of piperidine rings is 1. The number of rotatable bonds is 10. The van der Waals surface area contributed by atoms with Crippen molar-refractivity contribution in [1.29, 1.82) is 0 Å². The van der Waals surface area contributed by atoms with Gasteiger partial charge in [-0.3, -0.25) is 4.79 Å². The summed E-state index contributed by atoms with van der Waals surface area (Å²) < 4.78 is 12.5. The fourth-order valence-corrected chi connectivity index (χ4v) is 4.57. The van der Waals surface area contributed by atoms with Crippen LogP contribution in [-0.4, -0.2) is 64.3 Å². The molecule has 10 heteroatoms. The first-order valence-electron chi connectivity index (χ1n) is 11.7. The zero-order chi connectivity index (χ0) is 23.9. The molecule has 0 spiro atoms. The average molecular weight is 485 g/mol. The minimum Gasteiger partial charge on any atom is -0.497 e. The molecule has 1 aliphatic rings. The van der Waals surface area contributed by atoms with Crippen LogP contribution >= 0.6 is 11.8 Å². The van der Waals surface area contributed by atoms with Crippen molar-refractivity contribution in [2.45, 2.75) is 50.1 Å². The highest BCUT2D eigenvalue weighted by Gasteiger charge is 2.20. The highest BCUT2D eigenvalue weighted by molar-refractivity contribution is 7.99. The first kappa shape index (κ1) is 24.1. The Hall–Kier alpha value is -3.01. The molecule has 3 aromatic rings. The van der Waals surface area contributed by atoms with Gasteiger partial charge in [-0.2, -0.15) is 5.10 Å². The third-order valence-electron chi connectivity index (χ3n) is 5.53. The Balaban J connectivity index is 1.39. The summed E-state index contributed by atoms with van der Waals surface area (Å²) in [6.45, 7) is 7.18. The number of hydrogen-bond acceptors (Lipinski definition) is 8. The van der Waals surface area contributed by atoms with Crippen molar-refractivity contribution in [2.24, 2.45) is 0 Å². The molecule has 1 saturated heterocycles. The van der Waals surface area contributed by atoms with E-state index in [2.05, 4.69) is 29.2 Å². The topological polar surface area (TPSA) is 94.4 Å². The van der Waals surface area contributed by atoms with Gasteiger partial charge in [0.25, 0.3) is 5.91 Å². The predicted molar refractivity (Wildman–Crippen MR) is 134 cm³/mol. The number of fused-ring (bicyclic) bond motifs is 1. The van der Waals surface area contributed by atoms with Gasteiger partial charge < -0.3 is 19.7 Å². The second kappa shape index (κ2) is 11.4. The van der Waals surface area contributed by atoms with Gasteiger partial charge in [0.05, 0.1) is 25.2 Å². The summed E-state index contributed by atoms with van der Waals surface area (Å²) in [5, 5.41) is 9.57. The Labute approximate surface area is 204 Å². The van der Waals surface area contributed by atoms with Crippen molar-refractivity contribution in [3.05, 3.63) is 30.5 Å². The van der Waals surface area contributed by atoms with Crippen LogP contribution < -0.4 is 19.7 Å². The van der Waals surface area contributed by atoms with Crippen molar-refractivity contribution >= 4 is 34.5 Å². The van der Waals surface area contributed by atoms with Crippen LogP contribution in [0.4, 0.5) is 5.82 Å². The van der Waals surface area contributed by atoms with Gasteiger partial charge >= 0.3 is 0 Å². The Morgan fingerprint density at radius 1 is 1.12 bits per heavy atom. The lowest BCUT2D eigenvalue weighted by atomic mass is 10.1. The molecular weight excluding hydrogens is 452 g/mol. The van der Waals surface area contributed by atoms with Gasteiger partial charge in [0.2, 0.25) is 0 Å². The molecule has 0 radical (unpaired) electrons. The number of nitrogens with zero attached hydrogens (tertiary/aromatic N) is 5. The normalized spacial score (nSPS) is 13.9. The third-order valence-corrected chi connectivity index (χ3v) is 6.39. The van der Waals surface area contributed by atoms with Gasteiger partial charge in [-0.25, -0.2) is 14.6 Å². The first-order chi connectivity index (χ1) is 16.5. The van der Waals surface area contributed by atoms with Crippen LogP contribution in [0, 0.1) is 0 Å². The maximum absolute atomic E-state index is 12.2. The zero-order valence-electron chi connectivity index (χ0n) is 20.0. The summed E-state index contributed by atoms with van der Waals surface area (Å²) in [4.78, 5) is 24.3. The van der Waals surface area contributed by atoms with Gasteiger partial charge in [-0.05, 0) is 43.5 Å². The molecule has 1 N–H and O–H groups in total. The van der Waals surface area contributed by atoms with Gasteiger partial charge in [0.1, 0.15) is 17.3 Å². The smallest absolute Gasteiger partial charge is 0.258 e. The number of methoxy groups -OCH3 is 1. The molecule has 182 valence electrons. The molecule has 1 fully saturated rings. The fourth-order valence-electron chi connectivity index (χ4n) is 3.87. The van der Waals surface area contributed by atoms with E-state index in [4.69, 9.17) is 19.4 Å². The Morgan fingerprint density at radius 3 is 2.56 bits per heavy atom. The zero-order valence-corrected chi connectivity index (χ0v) is 20.8. The van der Waals surface area contributed by atoms with Crippen molar-refractivity contribution in [3.63, 3.8) is 0 Å². The molecule has 0 atom stereocenters. The largest absolute Gasteiger partial charge is 0.497 e. The summed E-state index contributed by atoms with van der Waals surface area (Å²) in [6.07, 6.45) is 5.46. The molecule has 0 unspecified atom stereocenters. The second-order valence-electron chi connectivity index (χ2n) is 8.46. The van der Waals surface area contributed by atoms with Gasteiger partial charge in [-0.15, -0.1) is 0 Å². The Kier molecular flexibility index (Phi) is 8.10. The molecule has 2 aromatic heterocycles. The lowest BCUT2D eigenvalue weighted by molar-refractivity contribution is -0.123. The molecule has 0 bridgehead atoms. The Morgan fingerprint density at radius 2 is 1.85 bits per heavy atom. The molecule has 1 aliphatic heterocycles. The van der Waals surface area contributed by atoms with Crippen LogP contribution in [0.5, 0.6) is 11.5 Å². The van der Waals surface area contributed by atoms with Crippen molar-refractivity contribution in [2.75, 3.05) is 38.3 Å². The van der Waals surface area contributed by atoms with Crippen LogP contribution in [0.2, 0.25) is 0 Å². The summed E-state index contributed by atoms with van der Waals surface area (Å²) >= 11 is 1.65. The van der Waals surface area contributed by atoms with Crippen LogP contribution in [0.1, 0.15) is 33.1 Å². The molecule has 0 aliphatic carbocycles. The standard InChI is InChI=1S/C24H32N6O3S/c1-17(2)34-24-27-22(29-12-5-4-6-13-29)20-15-26-30(23(20)28-24)14-11-25-21(31)16-33-19-9-7-18(32-3)8-10-19/h7-10,15,17H,4-6,11-14,16H2,1-3H3,(H,25,31). The number of hydrogen-bond donors (Lipinski definition) is 1. The van der Waals surface area contributed by atoms with Gasteiger partial charge in [-0.1, -0.05) is 25.6 Å². The number of carbonyl (C=O) groups is 1. The fraction of sp³-hybridized carbons (Fsp3) is 0.500. The summed E-state index contributed by atoms with van der Waals surface area (Å²) in [7, 11) is 1.61. The van der Waals surface area contributed by atoms with E-state index in [1.54, 1.807) is 43.1 Å². The van der Waals surface area contributed by atoms with Crippen molar-refractivity contribution in [3.8, 4) is 11.5 Å². The minimum absolute atomic E-state index is 0.0529. The van der Waals surface area contributed by atoms with Gasteiger partial charge in [0, 0.05) is 24.9 Å². The number of anilines is 1. The number of ether oxygens (including phenoxy) is 2. The minimum atomic E-state index is -0.188. The molecule has 34 heavy (non-hydrogen) atoms. The van der Waals surface area contributed by atoms with Crippen LogP contribution in [0.15, 0.2) is 35.6 Å². The monoisotopic (exact) mass is 484 g/mol. The summed E-state index contributed by atoms with van der Waals surface area (Å²) in [6, 6.07) is 7.13. The van der Waals surface area contributed by atoms with E-state index in [1.165, 1.54) is 19.3 Å². The molecule has 1 amide bonds. The maximum atomic E-state index is 12.2. The quantitative estimate of drug-likeness (QED) is 0.345. The van der Waals surface area contributed by atoms with E-state index in [9.17, 15) is 4.79 Å². The number of amides is 1. The molecule has 9 nitrogen and oxygen atoms in total. The summed E-state index contributed by atoms with van der Waals surface area (Å²) in [5.41, 5.74) is 0.808. The third kappa shape index (κ3) is 6.11. The lowest BCUT2D eigenvalue weighted by Crippen LogP contribution is -2.32. The highest BCUT2D eigenvalue weighted by atomic mass is 32.2. The number of thioether (sulfide) groups is 1. The summed E-state index contributed by atoms with van der Waals surface area (Å²) in [5.74, 6) is 2.14. The SMILES string of the molecule is COc1ccc(OCC(=O)NCCn2ncc3c(N4CCCCC4)nc(SC(C)C)nc32)cc1. The number of benzene rings is 1. The van der Waals surface area contributed by atoms with Crippen molar-refractivity contribution < 1.29 is 14.3 Å².